The zero-order valence-corrected chi connectivity index (χ0v) is 22.4. The number of hydrogen-bond donors (Lipinski definition) is 1. The number of nitro groups is 1. The van der Waals surface area contributed by atoms with E-state index in [2.05, 4.69) is 5.32 Å². The smallest absolute Gasteiger partial charge is 0.409 e. The lowest BCUT2D eigenvalue weighted by Gasteiger charge is -2.23. The van der Waals surface area contributed by atoms with Crippen LogP contribution in [0.1, 0.15) is 57.9 Å². The summed E-state index contributed by atoms with van der Waals surface area (Å²) in [4.78, 5) is 50.8. The Labute approximate surface area is 218 Å². The van der Waals surface area contributed by atoms with Crippen LogP contribution in [0.5, 0.6) is 5.75 Å². The Bertz CT molecular complexity index is 1280. The molecule has 0 radical (unpaired) electrons. The van der Waals surface area contributed by atoms with Crippen LogP contribution in [-0.2, 0) is 4.79 Å². The van der Waals surface area contributed by atoms with E-state index in [-0.39, 0.29) is 39.1 Å². The van der Waals surface area contributed by atoms with E-state index in [0.717, 1.165) is 0 Å². The van der Waals surface area contributed by atoms with Gasteiger partial charge in [-0.15, -0.1) is 0 Å². The second kappa shape index (κ2) is 10.4. The molecule has 3 rings (SSSR count). The van der Waals surface area contributed by atoms with Crippen LogP contribution >= 0.6 is 23.2 Å². The van der Waals surface area contributed by atoms with E-state index in [1.54, 1.807) is 27.7 Å². The summed E-state index contributed by atoms with van der Waals surface area (Å²) >= 11 is 12.9. The number of halogens is 2. The summed E-state index contributed by atoms with van der Waals surface area (Å²) < 4.78 is 5.64. The first-order valence-electron chi connectivity index (χ1n) is 11.3. The first kappa shape index (κ1) is 27.4. The summed E-state index contributed by atoms with van der Waals surface area (Å²) in [6.45, 7) is 9.83. The molecule has 2 amide bonds. The minimum absolute atomic E-state index is 0.0154. The van der Waals surface area contributed by atoms with Crippen molar-refractivity contribution in [2.45, 2.75) is 60.4 Å². The fourth-order valence-corrected chi connectivity index (χ4v) is 4.97. The number of ketones is 1. The van der Waals surface area contributed by atoms with E-state index in [0.29, 0.717) is 46.7 Å². The molecule has 0 aliphatic carbocycles. The number of nitrogens with one attached hydrogen (secondary N) is 1. The number of carbonyl (C=O) groups excluding carboxylic acids is 3. The Hall–Kier alpha value is -3.17. The maximum Gasteiger partial charge on any atom is 0.415 e. The molecule has 2 aromatic carbocycles. The van der Waals surface area contributed by atoms with Gasteiger partial charge in [-0.1, -0.05) is 23.2 Å². The molecule has 1 aliphatic heterocycles. The van der Waals surface area contributed by atoms with Crippen LogP contribution in [0.4, 0.5) is 16.2 Å². The predicted molar refractivity (Wildman–Crippen MR) is 138 cm³/mol. The molecule has 1 atom stereocenters. The van der Waals surface area contributed by atoms with Crippen LogP contribution in [-0.4, -0.2) is 40.2 Å². The highest BCUT2D eigenvalue weighted by atomic mass is 35.5. The van der Waals surface area contributed by atoms with Crippen LogP contribution < -0.4 is 10.1 Å². The molecule has 0 saturated carbocycles. The highest BCUT2D eigenvalue weighted by Gasteiger charge is 2.34. The third-order valence-electron chi connectivity index (χ3n) is 6.64. The van der Waals surface area contributed by atoms with E-state index < -0.39 is 23.0 Å². The van der Waals surface area contributed by atoms with Crippen molar-refractivity contribution >= 4 is 52.4 Å². The lowest BCUT2D eigenvalue weighted by atomic mass is 10.00. The number of Topliss-reactive ketones (excluding diaryl/α,β-unsaturated/α-hetero) is 1. The van der Waals surface area contributed by atoms with Gasteiger partial charge in [-0.05, 0) is 77.1 Å². The molecule has 1 aliphatic rings. The summed E-state index contributed by atoms with van der Waals surface area (Å²) in [5.74, 6) is -0.811. The Kier molecular flexibility index (Phi) is 7.95. The predicted octanol–water partition coefficient (Wildman–Crippen LogP) is 6.25. The number of rotatable bonds is 5. The molecule has 0 bridgehead atoms. The van der Waals surface area contributed by atoms with Gasteiger partial charge in [0.25, 0.3) is 11.6 Å². The number of carbonyl (C=O) groups is 3. The summed E-state index contributed by atoms with van der Waals surface area (Å²) in [6.07, 6.45) is 0.480. The van der Waals surface area contributed by atoms with Gasteiger partial charge in [0, 0.05) is 22.7 Å². The molecule has 0 unspecified atom stereocenters. The van der Waals surface area contributed by atoms with E-state index in [4.69, 9.17) is 27.9 Å². The number of amides is 2. The summed E-state index contributed by atoms with van der Waals surface area (Å²) in [5, 5.41) is 14.6. The Morgan fingerprint density at radius 3 is 2.28 bits per heavy atom. The van der Waals surface area contributed by atoms with Crippen molar-refractivity contribution in [2.75, 3.05) is 11.9 Å². The average Bonchev–Trinajstić information content (AvgIpc) is 3.29. The summed E-state index contributed by atoms with van der Waals surface area (Å²) in [7, 11) is 0. The lowest BCUT2D eigenvalue weighted by Crippen LogP contribution is -2.41. The number of benzene rings is 2. The molecule has 2 aromatic rings. The van der Waals surface area contributed by atoms with Crippen molar-refractivity contribution in [1.82, 2.24) is 4.90 Å². The maximum atomic E-state index is 13.5. The van der Waals surface area contributed by atoms with Crippen LogP contribution in [0.25, 0.3) is 0 Å². The molecular weight excluding hydrogens is 509 g/mol. The third-order valence-corrected chi connectivity index (χ3v) is 7.70. The minimum Gasteiger partial charge on any atom is -0.409 e. The molecule has 1 N–H and O–H groups in total. The maximum absolute atomic E-state index is 13.5. The third kappa shape index (κ3) is 4.90. The first-order valence-corrected chi connectivity index (χ1v) is 12.1. The van der Waals surface area contributed by atoms with Gasteiger partial charge >= 0.3 is 6.09 Å². The molecular formula is C25H27Cl2N3O6. The molecule has 11 heteroatoms. The van der Waals surface area contributed by atoms with Crippen LogP contribution in [0, 0.1) is 44.7 Å². The molecule has 192 valence electrons. The van der Waals surface area contributed by atoms with Crippen molar-refractivity contribution < 1.29 is 24.0 Å². The number of hydrogen-bond acceptors (Lipinski definition) is 6. The fourth-order valence-electron chi connectivity index (χ4n) is 4.55. The largest absolute Gasteiger partial charge is 0.415 e. The van der Waals surface area contributed by atoms with Gasteiger partial charge in [0.1, 0.15) is 5.75 Å². The molecule has 0 spiro atoms. The number of ether oxygens (including phenoxy) is 1. The van der Waals surface area contributed by atoms with Gasteiger partial charge in [0.2, 0.25) is 0 Å². The van der Waals surface area contributed by atoms with Gasteiger partial charge in [-0.3, -0.25) is 24.6 Å². The quantitative estimate of drug-likeness (QED) is 0.357. The van der Waals surface area contributed by atoms with Gasteiger partial charge in [0.15, 0.2) is 5.78 Å². The Balaban J connectivity index is 2.04. The van der Waals surface area contributed by atoms with Crippen LogP contribution in [0.2, 0.25) is 10.0 Å². The second-order valence-corrected chi connectivity index (χ2v) is 9.72. The van der Waals surface area contributed by atoms with E-state index in [1.165, 1.54) is 24.8 Å². The van der Waals surface area contributed by atoms with Crippen LogP contribution in [0.3, 0.4) is 0 Å². The Morgan fingerprint density at radius 1 is 1.06 bits per heavy atom. The molecule has 36 heavy (non-hydrogen) atoms. The number of aryl methyl sites for hydroxylation is 1. The van der Waals surface area contributed by atoms with E-state index in [1.807, 2.05) is 0 Å². The molecule has 1 heterocycles. The summed E-state index contributed by atoms with van der Waals surface area (Å²) in [5.41, 5.74) is 2.10. The van der Waals surface area contributed by atoms with Crippen molar-refractivity contribution in [2.24, 2.45) is 0 Å². The molecule has 1 fully saturated rings. The van der Waals surface area contributed by atoms with Crippen molar-refractivity contribution in [3.8, 4) is 5.75 Å². The van der Waals surface area contributed by atoms with Crippen molar-refractivity contribution in [3.05, 3.63) is 59.6 Å². The lowest BCUT2D eigenvalue weighted by molar-refractivity contribution is -0.386. The topological polar surface area (TPSA) is 119 Å². The van der Waals surface area contributed by atoms with E-state index in [9.17, 15) is 24.5 Å². The highest BCUT2D eigenvalue weighted by molar-refractivity contribution is 6.35. The van der Waals surface area contributed by atoms with E-state index >= 15 is 0 Å². The monoisotopic (exact) mass is 535 g/mol. The van der Waals surface area contributed by atoms with Gasteiger partial charge < -0.3 is 10.1 Å². The minimum atomic E-state index is -0.737. The zero-order valence-electron chi connectivity index (χ0n) is 20.9. The standard InChI is InChI=1S/C25H27Cl2N3O6/c1-11-10-18(36-25(33)29-9-7-8-17(29)16(6)31)19(14(4)20(11)26)24(32)28-22-12(2)13(3)23(30(34)35)15(5)21(22)27/h10,17H,7-9H2,1-6H3,(H,28,32)/t17-/m0/s1. The highest BCUT2D eigenvalue weighted by Crippen LogP contribution is 2.40. The number of nitrogens with zero attached hydrogens (tertiary/aromatic N) is 2. The molecule has 9 nitrogen and oxygen atoms in total. The normalized spacial score (nSPS) is 15.1. The number of anilines is 1. The van der Waals surface area contributed by atoms with Gasteiger partial charge in [-0.25, -0.2) is 4.79 Å². The van der Waals surface area contributed by atoms with Gasteiger partial charge in [0.05, 0.1) is 27.2 Å². The first-order chi connectivity index (χ1) is 16.8. The SMILES string of the molecule is CC(=O)[C@@H]1CCCN1C(=O)Oc1cc(C)c(Cl)c(C)c1C(=O)Nc1c(C)c(C)c([N+](=O)[O-])c(C)c1Cl. The Morgan fingerprint density at radius 2 is 1.69 bits per heavy atom. The van der Waals surface area contributed by atoms with Crippen molar-refractivity contribution in [1.29, 1.82) is 0 Å². The molecule has 1 saturated heterocycles. The second-order valence-electron chi connectivity index (χ2n) is 8.96. The van der Waals surface area contributed by atoms with Crippen molar-refractivity contribution in [3.63, 3.8) is 0 Å². The van der Waals surface area contributed by atoms with Crippen LogP contribution in [0.15, 0.2) is 6.07 Å². The van der Waals surface area contributed by atoms with Gasteiger partial charge in [-0.2, -0.15) is 0 Å². The zero-order chi connectivity index (χ0) is 27.1. The number of nitro benzene ring substituents is 1. The summed E-state index contributed by atoms with van der Waals surface area (Å²) in [6, 6.07) is 0.915. The number of likely N-dealkylation sites (tertiary alicyclic amines) is 1. The fraction of sp³-hybridized carbons (Fsp3) is 0.400. The molecule has 0 aromatic heterocycles. The average molecular weight is 536 g/mol.